The second-order valence-electron chi connectivity index (χ2n) is 7.33. The van der Waals surface area contributed by atoms with E-state index in [2.05, 4.69) is 34.3 Å². The minimum Gasteiger partial charge on any atom is -0.379 e. The van der Waals surface area contributed by atoms with Crippen molar-refractivity contribution in [2.75, 3.05) is 45.2 Å². The van der Waals surface area contributed by atoms with Crippen LogP contribution in [0.15, 0.2) is 48.7 Å². The lowest BCUT2D eigenvalue weighted by Gasteiger charge is -2.34. The fraction of sp³-hybridized carbons (Fsp3) is 0.455. The van der Waals surface area contributed by atoms with Gasteiger partial charge in [0.2, 0.25) is 0 Å². The summed E-state index contributed by atoms with van der Waals surface area (Å²) in [6.45, 7) is 6.24. The number of carbonyl (C=O) groups is 1. The first-order chi connectivity index (χ1) is 13.6. The van der Waals surface area contributed by atoms with E-state index in [0.717, 1.165) is 50.5 Å². The van der Waals surface area contributed by atoms with E-state index in [0.29, 0.717) is 12.6 Å². The third kappa shape index (κ3) is 6.04. The molecular weight excluding hydrogens is 352 g/mol. The van der Waals surface area contributed by atoms with Gasteiger partial charge in [0.1, 0.15) is 0 Å². The van der Waals surface area contributed by atoms with Gasteiger partial charge in [-0.3, -0.25) is 9.88 Å². The van der Waals surface area contributed by atoms with Crippen molar-refractivity contribution < 1.29 is 9.53 Å². The van der Waals surface area contributed by atoms with Crippen LogP contribution in [-0.2, 0) is 17.6 Å². The molecule has 1 saturated heterocycles. The van der Waals surface area contributed by atoms with Gasteiger partial charge in [0.05, 0.1) is 13.2 Å². The molecule has 1 fully saturated rings. The van der Waals surface area contributed by atoms with Crippen LogP contribution in [0.1, 0.15) is 18.2 Å². The van der Waals surface area contributed by atoms with E-state index in [1.165, 1.54) is 5.56 Å². The summed E-state index contributed by atoms with van der Waals surface area (Å²) in [4.78, 5) is 21.0. The first-order valence-electron chi connectivity index (χ1n) is 9.94. The molecule has 6 nitrogen and oxygen atoms in total. The molecule has 2 amide bonds. The molecule has 2 aromatic rings. The summed E-state index contributed by atoms with van der Waals surface area (Å²) < 4.78 is 5.40. The van der Waals surface area contributed by atoms with E-state index in [4.69, 9.17) is 4.74 Å². The van der Waals surface area contributed by atoms with E-state index < -0.39 is 0 Å². The van der Waals surface area contributed by atoms with Gasteiger partial charge in [-0.1, -0.05) is 18.2 Å². The van der Waals surface area contributed by atoms with Crippen LogP contribution in [-0.4, -0.2) is 66.8 Å². The van der Waals surface area contributed by atoms with Crippen LogP contribution in [0.3, 0.4) is 0 Å². The lowest BCUT2D eigenvalue weighted by Crippen LogP contribution is -2.48. The molecule has 0 saturated carbocycles. The maximum Gasteiger partial charge on any atom is 0.321 e. The summed E-state index contributed by atoms with van der Waals surface area (Å²) in [6, 6.07) is 14.3. The summed E-state index contributed by atoms with van der Waals surface area (Å²) >= 11 is 0. The average Bonchev–Trinajstić information content (AvgIpc) is 2.74. The number of carbonyl (C=O) groups excluding carboxylic acids is 1. The molecule has 0 spiro atoms. The smallest absolute Gasteiger partial charge is 0.321 e. The number of hydrogen-bond donors (Lipinski definition) is 1. The maximum absolute atomic E-state index is 12.5. The summed E-state index contributed by atoms with van der Waals surface area (Å²) in [6.07, 6.45) is 3.67. The average molecular weight is 383 g/mol. The van der Waals surface area contributed by atoms with Gasteiger partial charge in [0.25, 0.3) is 0 Å². The number of likely N-dealkylation sites (N-methyl/N-ethyl adjacent to an activating group) is 1. The molecule has 2 heterocycles. The Bertz CT molecular complexity index is 730. The van der Waals surface area contributed by atoms with Gasteiger partial charge in [0.15, 0.2) is 0 Å². The van der Waals surface area contributed by atoms with Crippen LogP contribution in [0.25, 0.3) is 0 Å². The number of aromatic nitrogens is 1. The van der Waals surface area contributed by atoms with E-state index >= 15 is 0 Å². The molecule has 1 aliphatic rings. The molecule has 28 heavy (non-hydrogen) atoms. The van der Waals surface area contributed by atoms with Crippen molar-refractivity contribution in [3.63, 3.8) is 0 Å². The molecule has 1 atom stereocenters. The second-order valence-corrected chi connectivity index (χ2v) is 7.33. The first kappa shape index (κ1) is 20.3. The van der Waals surface area contributed by atoms with E-state index in [9.17, 15) is 4.79 Å². The van der Waals surface area contributed by atoms with Crippen LogP contribution >= 0.6 is 0 Å². The number of amides is 2. The van der Waals surface area contributed by atoms with Crippen LogP contribution in [0.5, 0.6) is 0 Å². The molecular formula is C22H30N4O2. The fourth-order valence-corrected chi connectivity index (χ4v) is 3.41. The highest BCUT2D eigenvalue weighted by molar-refractivity contribution is 5.89. The Labute approximate surface area is 167 Å². The molecule has 1 unspecified atom stereocenters. The molecule has 3 rings (SSSR count). The molecule has 150 valence electrons. The number of aryl methyl sites for hydroxylation is 2. The Balaban J connectivity index is 1.45. The van der Waals surface area contributed by atoms with Gasteiger partial charge < -0.3 is 15.0 Å². The number of rotatable bonds is 7. The Kier molecular flexibility index (Phi) is 7.39. The standard InChI is InChI=1S/C22H30N4O2/c1-18(26-13-15-28-16-14-26)17-25(2)22(27)24-21-10-7-19(8-11-21)6-9-20-5-3-4-12-23-20/h3-5,7-8,10-12,18H,6,9,13-17H2,1-2H3,(H,24,27). The van der Waals surface area contributed by atoms with E-state index in [-0.39, 0.29) is 6.03 Å². The Morgan fingerprint density at radius 1 is 1.18 bits per heavy atom. The molecule has 0 radical (unpaired) electrons. The quantitative estimate of drug-likeness (QED) is 0.800. The van der Waals surface area contributed by atoms with Crippen molar-refractivity contribution >= 4 is 11.7 Å². The van der Waals surface area contributed by atoms with Crippen molar-refractivity contribution in [2.24, 2.45) is 0 Å². The zero-order valence-corrected chi connectivity index (χ0v) is 16.8. The predicted octanol–water partition coefficient (Wildman–Crippen LogP) is 3.05. The highest BCUT2D eigenvalue weighted by Crippen LogP contribution is 2.13. The zero-order valence-electron chi connectivity index (χ0n) is 16.8. The van der Waals surface area contributed by atoms with Gasteiger partial charge in [-0.2, -0.15) is 0 Å². The number of anilines is 1. The molecule has 1 aliphatic heterocycles. The molecule has 1 N–H and O–H groups in total. The van der Waals surface area contributed by atoms with Gasteiger partial charge in [-0.15, -0.1) is 0 Å². The third-order valence-electron chi connectivity index (χ3n) is 5.15. The zero-order chi connectivity index (χ0) is 19.8. The number of hydrogen-bond acceptors (Lipinski definition) is 4. The normalized spacial score (nSPS) is 15.8. The van der Waals surface area contributed by atoms with Crippen molar-refractivity contribution in [1.29, 1.82) is 0 Å². The molecule has 6 heteroatoms. The predicted molar refractivity (Wildman–Crippen MR) is 112 cm³/mol. The van der Waals surface area contributed by atoms with Crippen LogP contribution in [0.4, 0.5) is 10.5 Å². The first-order valence-corrected chi connectivity index (χ1v) is 9.94. The summed E-state index contributed by atoms with van der Waals surface area (Å²) in [5.74, 6) is 0. The molecule has 1 aromatic heterocycles. The minimum atomic E-state index is -0.0821. The number of morpholine rings is 1. The van der Waals surface area contributed by atoms with E-state index in [1.54, 1.807) is 4.90 Å². The molecule has 0 bridgehead atoms. The maximum atomic E-state index is 12.5. The topological polar surface area (TPSA) is 57.7 Å². The second kappa shape index (κ2) is 10.2. The number of benzene rings is 1. The van der Waals surface area contributed by atoms with Gasteiger partial charge in [-0.25, -0.2) is 4.79 Å². The van der Waals surface area contributed by atoms with Gasteiger partial charge in [0, 0.05) is 50.3 Å². The summed E-state index contributed by atoms with van der Waals surface area (Å²) in [7, 11) is 1.84. The van der Waals surface area contributed by atoms with Crippen molar-refractivity contribution in [3.05, 3.63) is 59.9 Å². The lowest BCUT2D eigenvalue weighted by atomic mass is 10.1. The molecule has 1 aromatic carbocycles. The van der Waals surface area contributed by atoms with Crippen LogP contribution in [0.2, 0.25) is 0 Å². The van der Waals surface area contributed by atoms with Gasteiger partial charge >= 0.3 is 6.03 Å². The largest absolute Gasteiger partial charge is 0.379 e. The number of urea groups is 1. The lowest BCUT2D eigenvalue weighted by molar-refractivity contribution is 0.0164. The summed E-state index contributed by atoms with van der Waals surface area (Å²) in [5.41, 5.74) is 3.14. The number of nitrogens with one attached hydrogen (secondary N) is 1. The van der Waals surface area contributed by atoms with Crippen molar-refractivity contribution in [2.45, 2.75) is 25.8 Å². The Hall–Kier alpha value is -2.44. The minimum absolute atomic E-state index is 0.0821. The molecule has 0 aliphatic carbocycles. The number of pyridine rings is 1. The van der Waals surface area contributed by atoms with Crippen LogP contribution in [0, 0.1) is 0 Å². The third-order valence-corrected chi connectivity index (χ3v) is 5.15. The summed E-state index contributed by atoms with van der Waals surface area (Å²) in [5, 5.41) is 2.98. The highest BCUT2D eigenvalue weighted by atomic mass is 16.5. The van der Waals surface area contributed by atoms with E-state index in [1.807, 2.05) is 43.6 Å². The van der Waals surface area contributed by atoms with Crippen LogP contribution < -0.4 is 5.32 Å². The number of ether oxygens (including phenoxy) is 1. The highest BCUT2D eigenvalue weighted by Gasteiger charge is 2.20. The number of nitrogens with zero attached hydrogens (tertiary/aromatic N) is 3. The monoisotopic (exact) mass is 382 g/mol. The Morgan fingerprint density at radius 3 is 2.61 bits per heavy atom. The van der Waals surface area contributed by atoms with Crippen molar-refractivity contribution in [3.8, 4) is 0 Å². The SMILES string of the molecule is CC(CN(C)C(=O)Nc1ccc(CCc2ccccn2)cc1)N1CCOCC1. The van der Waals surface area contributed by atoms with Crippen molar-refractivity contribution in [1.82, 2.24) is 14.8 Å². The van der Waals surface area contributed by atoms with Gasteiger partial charge in [-0.05, 0) is 49.6 Å². The fourth-order valence-electron chi connectivity index (χ4n) is 3.41. The Morgan fingerprint density at radius 2 is 1.93 bits per heavy atom.